The monoisotopic (exact) mass is 698 g/mol. The number of halogens is 5. The Balaban J connectivity index is 1.79. The van der Waals surface area contributed by atoms with Gasteiger partial charge < -0.3 is 15.5 Å². The Morgan fingerprint density at radius 3 is 2.25 bits per heavy atom. The van der Waals surface area contributed by atoms with E-state index in [-0.39, 0.29) is 57.9 Å². The van der Waals surface area contributed by atoms with Crippen molar-refractivity contribution < 1.29 is 18.0 Å². The van der Waals surface area contributed by atoms with Crippen molar-refractivity contribution in [1.29, 1.82) is 0 Å². The number of fused-ring (bicyclic) bond motifs is 5. The highest BCUT2D eigenvalue weighted by Crippen LogP contribution is 2.46. The number of aromatic nitrogens is 3. The fraction of sp³-hybridized carbons (Fsp3) is 0.371. The van der Waals surface area contributed by atoms with Gasteiger partial charge in [-0.05, 0) is 49.8 Å². The molecular formula is C35H35Cl2F3N6O2. The van der Waals surface area contributed by atoms with E-state index in [9.17, 15) is 9.59 Å². The molecule has 1 saturated heterocycles. The zero-order valence-electron chi connectivity index (χ0n) is 27.2. The van der Waals surface area contributed by atoms with Crippen LogP contribution in [0.15, 0.2) is 35.9 Å². The van der Waals surface area contributed by atoms with Crippen LogP contribution in [0.25, 0.3) is 27.7 Å². The number of pyridine rings is 1. The summed E-state index contributed by atoms with van der Waals surface area (Å²) in [6.07, 6.45) is 3.47. The molecule has 8 nitrogen and oxygen atoms in total. The molecule has 252 valence electrons. The van der Waals surface area contributed by atoms with Gasteiger partial charge in [0.2, 0.25) is 5.91 Å². The van der Waals surface area contributed by atoms with Crippen molar-refractivity contribution in [2.75, 3.05) is 23.7 Å². The lowest BCUT2D eigenvalue weighted by Gasteiger charge is -2.49. The quantitative estimate of drug-likeness (QED) is 0.131. The largest absolute Gasteiger partial charge is 0.397 e. The van der Waals surface area contributed by atoms with Crippen molar-refractivity contribution in [3.05, 3.63) is 85.9 Å². The van der Waals surface area contributed by atoms with E-state index in [1.807, 2.05) is 39.5 Å². The number of anilines is 2. The van der Waals surface area contributed by atoms with Crippen LogP contribution in [-0.2, 0) is 11.2 Å². The Kier molecular flexibility index (Phi) is 8.74. The molecule has 4 aromatic rings. The zero-order valence-corrected chi connectivity index (χ0v) is 28.7. The standard InChI is InChI=1S/C35H35Cl2F3N6O2/c1-7-24(47)44-13-18-8-9-19-32(45(18)12-17(44)6)20-10-23(38)25(26-27(39)21(36)11-22(37)29(26)41)28(40)33(20)46(35(19)48)34-30(15(2)3)42-14-43-31(34)16(4)5/h7,10-11,14-18H,1,8-9,12-13,41H2,2-6H3. The second kappa shape index (κ2) is 12.4. The molecule has 0 bridgehead atoms. The SMILES string of the molecule is C=CC(=O)N1CC2CCc3c(c4cc(F)c(-c5c(N)c(Cl)cc(Cl)c5F)c(F)c4n(-c4c(C(C)C)ncnc4C(C)C)c3=O)N2CC1C. The summed E-state index contributed by atoms with van der Waals surface area (Å²) < 4.78 is 50.8. The summed E-state index contributed by atoms with van der Waals surface area (Å²) in [6.45, 7) is 13.7. The molecule has 2 N–H and O–H groups in total. The van der Waals surface area contributed by atoms with Gasteiger partial charge in [-0.15, -0.1) is 0 Å². The van der Waals surface area contributed by atoms with E-state index >= 15 is 13.2 Å². The molecule has 0 saturated carbocycles. The first-order chi connectivity index (χ1) is 22.7. The Morgan fingerprint density at radius 1 is 1.00 bits per heavy atom. The van der Waals surface area contributed by atoms with Gasteiger partial charge in [0.1, 0.15) is 12.1 Å². The van der Waals surface area contributed by atoms with Gasteiger partial charge in [-0.1, -0.05) is 57.5 Å². The number of carbonyl (C=O) groups excluding carboxylic acids is 1. The van der Waals surface area contributed by atoms with Crippen molar-refractivity contribution in [2.45, 2.75) is 71.4 Å². The Bertz CT molecular complexity index is 2030. The maximum Gasteiger partial charge on any atom is 0.261 e. The molecule has 13 heteroatoms. The van der Waals surface area contributed by atoms with Gasteiger partial charge >= 0.3 is 0 Å². The predicted molar refractivity (Wildman–Crippen MR) is 184 cm³/mol. The van der Waals surface area contributed by atoms with Gasteiger partial charge in [-0.25, -0.2) is 23.1 Å². The number of amides is 1. The van der Waals surface area contributed by atoms with E-state index in [0.717, 1.165) is 12.1 Å². The summed E-state index contributed by atoms with van der Waals surface area (Å²) in [5.41, 5.74) is 5.43. The first-order valence-electron chi connectivity index (χ1n) is 15.8. The van der Waals surface area contributed by atoms with Gasteiger partial charge in [-0.2, -0.15) is 0 Å². The second-order valence-corrected chi connectivity index (χ2v) is 13.9. The first-order valence-corrected chi connectivity index (χ1v) is 16.5. The third-order valence-corrected chi connectivity index (χ3v) is 9.98. The summed E-state index contributed by atoms with van der Waals surface area (Å²) in [6, 6.07) is 1.63. The highest BCUT2D eigenvalue weighted by molar-refractivity contribution is 6.37. The average Bonchev–Trinajstić information content (AvgIpc) is 3.04. The third-order valence-electron chi connectivity index (χ3n) is 9.39. The number of piperazine rings is 1. The molecule has 2 atom stereocenters. The van der Waals surface area contributed by atoms with Crippen molar-refractivity contribution in [3.8, 4) is 16.8 Å². The van der Waals surface area contributed by atoms with E-state index < -0.39 is 44.8 Å². The maximum atomic E-state index is 17.5. The second-order valence-electron chi connectivity index (χ2n) is 13.0. The number of nitrogens with zero attached hydrogens (tertiary/aromatic N) is 5. The molecule has 2 unspecified atom stereocenters. The molecule has 1 amide bonds. The topological polar surface area (TPSA) is 97.4 Å². The molecule has 0 aliphatic carbocycles. The molecule has 2 aliphatic rings. The lowest BCUT2D eigenvalue weighted by atomic mass is 9.89. The molecule has 48 heavy (non-hydrogen) atoms. The number of carbonyl (C=O) groups is 1. The maximum absolute atomic E-state index is 17.5. The van der Waals surface area contributed by atoms with Gasteiger partial charge in [0.25, 0.3) is 5.56 Å². The summed E-state index contributed by atoms with van der Waals surface area (Å²) >= 11 is 12.3. The molecule has 6 rings (SSSR count). The molecule has 4 heterocycles. The fourth-order valence-electron chi connectivity index (χ4n) is 7.13. The van der Waals surface area contributed by atoms with E-state index in [4.69, 9.17) is 28.9 Å². The first kappa shape index (κ1) is 33.8. The lowest BCUT2D eigenvalue weighted by molar-refractivity contribution is -0.129. The predicted octanol–water partition coefficient (Wildman–Crippen LogP) is 7.54. The minimum Gasteiger partial charge on any atom is -0.397 e. The van der Waals surface area contributed by atoms with Crippen LogP contribution >= 0.6 is 23.2 Å². The summed E-state index contributed by atoms with van der Waals surface area (Å²) in [5, 5.41) is -0.568. The molecule has 2 aromatic heterocycles. The van der Waals surface area contributed by atoms with Crippen molar-refractivity contribution in [2.24, 2.45) is 0 Å². The van der Waals surface area contributed by atoms with Crippen LogP contribution in [0.3, 0.4) is 0 Å². The summed E-state index contributed by atoms with van der Waals surface area (Å²) in [5.74, 6) is -4.17. The number of nitrogens with two attached hydrogens (primary N) is 1. The van der Waals surface area contributed by atoms with Crippen LogP contribution in [-0.4, -0.2) is 50.5 Å². The van der Waals surface area contributed by atoms with Crippen molar-refractivity contribution >= 4 is 51.4 Å². The van der Waals surface area contributed by atoms with Gasteiger partial charge in [0.05, 0.1) is 49.6 Å². The summed E-state index contributed by atoms with van der Waals surface area (Å²) in [7, 11) is 0. The van der Waals surface area contributed by atoms with Crippen LogP contribution in [0.5, 0.6) is 0 Å². The molecule has 1 fully saturated rings. The van der Waals surface area contributed by atoms with E-state index in [1.165, 1.54) is 17.0 Å². The van der Waals surface area contributed by atoms with Crippen LogP contribution in [0.2, 0.25) is 10.0 Å². The van der Waals surface area contributed by atoms with Crippen LogP contribution < -0.4 is 16.2 Å². The minimum atomic E-state index is -1.22. The molecule has 2 aromatic carbocycles. The molecule has 0 radical (unpaired) electrons. The van der Waals surface area contributed by atoms with Gasteiger partial charge in [-0.3, -0.25) is 14.2 Å². The third kappa shape index (κ3) is 5.13. The van der Waals surface area contributed by atoms with E-state index in [0.29, 0.717) is 42.1 Å². The van der Waals surface area contributed by atoms with Crippen LogP contribution in [0.4, 0.5) is 24.5 Å². The highest BCUT2D eigenvalue weighted by Gasteiger charge is 2.40. The fourth-order valence-corrected chi connectivity index (χ4v) is 7.60. The van der Waals surface area contributed by atoms with E-state index in [1.54, 1.807) is 4.90 Å². The number of benzene rings is 2. The van der Waals surface area contributed by atoms with Gasteiger partial charge in [0, 0.05) is 41.7 Å². The highest BCUT2D eigenvalue weighted by atomic mass is 35.5. The number of hydrogen-bond acceptors (Lipinski definition) is 6. The Hall–Kier alpha value is -4.09. The smallest absolute Gasteiger partial charge is 0.261 e. The minimum absolute atomic E-state index is 0.101. The van der Waals surface area contributed by atoms with Crippen molar-refractivity contribution in [3.63, 3.8) is 0 Å². The normalized spacial score (nSPS) is 17.7. The number of hydrogen-bond donors (Lipinski definition) is 1. The zero-order chi connectivity index (χ0) is 34.9. The van der Waals surface area contributed by atoms with Crippen LogP contribution in [0.1, 0.15) is 69.8 Å². The van der Waals surface area contributed by atoms with E-state index in [2.05, 4.69) is 16.5 Å². The summed E-state index contributed by atoms with van der Waals surface area (Å²) in [4.78, 5) is 40.2. The number of nitrogen functional groups attached to an aromatic ring is 1. The van der Waals surface area contributed by atoms with Crippen molar-refractivity contribution in [1.82, 2.24) is 19.4 Å². The van der Waals surface area contributed by atoms with Gasteiger partial charge in [0.15, 0.2) is 11.6 Å². The Labute approximate surface area is 286 Å². The average molecular weight is 700 g/mol. The molecular weight excluding hydrogens is 664 g/mol. The van der Waals surface area contributed by atoms with Crippen LogP contribution in [0, 0.1) is 17.5 Å². The molecule has 0 spiro atoms. The molecule has 2 aliphatic heterocycles. The Morgan fingerprint density at radius 2 is 1.65 bits per heavy atom. The number of rotatable bonds is 5. The lowest BCUT2D eigenvalue weighted by Crippen LogP contribution is -2.60.